The second-order valence-corrected chi connectivity index (χ2v) is 7.72. The summed E-state index contributed by atoms with van der Waals surface area (Å²) in [5, 5.41) is 5.05. The minimum atomic E-state index is -0.487. The summed E-state index contributed by atoms with van der Waals surface area (Å²) >= 11 is 0. The molecule has 27 heavy (non-hydrogen) atoms. The van der Waals surface area contributed by atoms with Crippen molar-refractivity contribution in [1.82, 2.24) is 20.0 Å². The number of ether oxygens (including phenoxy) is 1. The Balaban J connectivity index is 1.42. The summed E-state index contributed by atoms with van der Waals surface area (Å²) in [6.07, 6.45) is 4.62. The number of furan rings is 1. The fourth-order valence-electron chi connectivity index (χ4n) is 3.14. The second kappa shape index (κ2) is 6.68. The van der Waals surface area contributed by atoms with Crippen LogP contribution in [-0.4, -0.2) is 44.8 Å². The van der Waals surface area contributed by atoms with Crippen molar-refractivity contribution >= 4 is 17.1 Å². The third-order valence-corrected chi connectivity index (χ3v) is 4.49. The van der Waals surface area contributed by atoms with Gasteiger partial charge in [0.25, 0.3) is 5.89 Å². The van der Waals surface area contributed by atoms with E-state index >= 15 is 0 Å². The number of nitrogens with zero attached hydrogens (tertiary/aromatic N) is 4. The predicted octanol–water partition coefficient (Wildman–Crippen LogP) is 3.99. The van der Waals surface area contributed by atoms with E-state index in [2.05, 4.69) is 15.1 Å². The number of fused-ring (bicyclic) bond motifs is 1. The van der Waals surface area contributed by atoms with E-state index in [9.17, 15) is 4.79 Å². The van der Waals surface area contributed by atoms with Gasteiger partial charge < -0.3 is 18.6 Å². The molecule has 8 nitrogen and oxygen atoms in total. The SMILES string of the molecule is CC(C)(C)OC(=O)N1CCC(c2noc(-c3cc4ccncc4o3)n2)CC1. The highest BCUT2D eigenvalue weighted by atomic mass is 16.6. The van der Waals surface area contributed by atoms with Gasteiger partial charge in [-0.25, -0.2) is 4.79 Å². The lowest BCUT2D eigenvalue weighted by Crippen LogP contribution is -2.41. The van der Waals surface area contributed by atoms with Crippen LogP contribution in [0.1, 0.15) is 45.4 Å². The van der Waals surface area contributed by atoms with Crippen molar-refractivity contribution in [3.63, 3.8) is 0 Å². The molecule has 0 bridgehead atoms. The maximum Gasteiger partial charge on any atom is 0.410 e. The standard InChI is InChI=1S/C19H22N4O4/c1-19(2,3)26-18(24)23-8-5-12(6-9-23)16-21-17(27-22-16)14-10-13-4-7-20-11-15(13)25-14/h4,7,10-12H,5-6,8-9H2,1-3H3. The average molecular weight is 370 g/mol. The first kappa shape index (κ1) is 17.5. The zero-order valence-corrected chi connectivity index (χ0v) is 15.6. The van der Waals surface area contributed by atoms with Crippen LogP contribution in [0.2, 0.25) is 0 Å². The lowest BCUT2D eigenvalue weighted by atomic mass is 9.96. The van der Waals surface area contributed by atoms with Crippen molar-refractivity contribution < 1.29 is 18.5 Å². The first-order valence-electron chi connectivity index (χ1n) is 9.04. The maximum atomic E-state index is 12.2. The van der Waals surface area contributed by atoms with Crippen LogP contribution in [0.25, 0.3) is 22.6 Å². The molecule has 0 saturated carbocycles. The van der Waals surface area contributed by atoms with E-state index in [0.717, 1.165) is 18.2 Å². The molecule has 1 fully saturated rings. The van der Waals surface area contributed by atoms with Crippen LogP contribution in [0, 0.1) is 0 Å². The van der Waals surface area contributed by atoms with Crippen LogP contribution in [0.3, 0.4) is 0 Å². The molecular weight excluding hydrogens is 348 g/mol. The number of aromatic nitrogens is 3. The van der Waals surface area contributed by atoms with Gasteiger partial charge in [-0.05, 0) is 45.7 Å². The van der Waals surface area contributed by atoms with Gasteiger partial charge in [0.1, 0.15) is 5.60 Å². The Hall–Kier alpha value is -2.90. The van der Waals surface area contributed by atoms with E-state index in [4.69, 9.17) is 13.7 Å². The number of carbonyl (C=O) groups is 1. The smallest absolute Gasteiger partial charge is 0.410 e. The van der Waals surface area contributed by atoms with E-state index in [1.165, 1.54) is 0 Å². The van der Waals surface area contributed by atoms with Gasteiger partial charge >= 0.3 is 6.09 Å². The van der Waals surface area contributed by atoms with Gasteiger partial charge in [-0.15, -0.1) is 0 Å². The van der Waals surface area contributed by atoms with Crippen molar-refractivity contribution in [2.24, 2.45) is 0 Å². The summed E-state index contributed by atoms with van der Waals surface area (Å²) in [5.41, 5.74) is 0.191. The van der Waals surface area contributed by atoms with Gasteiger partial charge in [-0.1, -0.05) is 5.16 Å². The third-order valence-electron chi connectivity index (χ3n) is 4.49. The zero-order valence-electron chi connectivity index (χ0n) is 15.6. The van der Waals surface area contributed by atoms with Crippen LogP contribution in [0.5, 0.6) is 0 Å². The Labute approximate surface area is 156 Å². The quantitative estimate of drug-likeness (QED) is 0.673. The molecule has 3 aromatic heterocycles. The van der Waals surface area contributed by atoms with Gasteiger partial charge in [-0.2, -0.15) is 4.98 Å². The lowest BCUT2D eigenvalue weighted by molar-refractivity contribution is 0.0203. The molecular formula is C19H22N4O4. The molecule has 0 spiro atoms. The van der Waals surface area contributed by atoms with Crippen LogP contribution >= 0.6 is 0 Å². The number of piperidine rings is 1. The Morgan fingerprint density at radius 2 is 2.07 bits per heavy atom. The molecule has 1 amide bonds. The Kier molecular flexibility index (Phi) is 4.33. The molecule has 0 radical (unpaired) electrons. The van der Waals surface area contributed by atoms with E-state index in [0.29, 0.717) is 36.1 Å². The van der Waals surface area contributed by atoms with Gasteiger partial charge in [0.05, 0.1) is 6.20 Å². The highest BCUT2D eigenvalue weighted by Gasteiger charge is 2.30. The molecule has 0 aromatic carbocycles. The molecule has 0 atom stereocenters. The lowest BCUT2D eigenvalue weighted by Gasteiger charge is -2.32. The number of hydrogen-bond acceptors (Lipinski definition) is 7. The minimum absolute atomic E-state index is 0.146. The highest BCUT2D eigenvalue weighted by molar-refractivity contribution is 5.80. The molecule has 8 heteroatoms. The highest BCUT2D eigenvalue weighted by Crippen LogP contribution is 2.30. The maximum absolute atomic E-state index is 12.2. The van der Waals surface area contributed by atoms with Crippen LogP contribution in [-0.2, 0) is 4.74 Å². The van der Waals surface area contributed by atoms with Crippen LogP contribution < -0.4 is 0 Å². The Bertz CT molecular complexity index is 915. The normalized spacial score (nSPS) is 16.0. The number of pyridine rings is 1. The van der Waals surface area contributed by atoms with E-state index in [-0.39, 0.29) is 12.0 Å². The summed E-state index contributed by atoms with van der Waals surface area (Å²) in [7, 11) is 0. The van der Waals surface area contributed by atoms with Crippen molar-refractivity contribution in [3.8, 4) is 11.7 Å². The molecule has 0 unspecified atom stereocenters. The molecule has 1 aliphatic heterocycles. The van der Waals surface area contributed by atoms with Crippen molar-refractivity contribution in [2.45, 2.75) is 45.1 Å². The largest absolute Gasteiger partial charge is 0.449 e. The number of rotatable bonds is 2. The van der Waals surface area contributed by atoms with Crippen molar-refractivity contribution in [1.29, 1.82) is 0 Å². The number of hydrogen-bond donors (Lipinski definition) is 0. The summed E-state index contributed by atoms with van der Waals surface area (Å²) in [5.74, 6) is 1.68. The Morgan fingerprint density at radius 1 is 1.30 bits per heavy atom. The molecule has 1 aliphatic rings. The fraction of sp³-hybridized carbons (Fsp3) is 0.474. The van der Waals surface area contributed by atoms with E-state index < -0.39 is 5.60 Å². The molecule has 4 heterocycles. The molecule has 3 aromatic rings. The fourth-order valence-corrected chi connectivity index (χ4v) is 3.14. The van der Waals surface area contributed by atoms with Crippen LogP contribution in [0.15, 0.2) is 33.5 Å². The predicted molar refractivity (Wildman–Crippen MR) is 97.1 cm³/mol. The average Bonchev–Trinajstić information content (AvgIpc) is 3.27. The summed E-state index contributed by atoms with van der Waals surface area (Å²) in [4.78, 5) is 22.4. The monoisotopic (exact) mass is 370 g/mol. The topological polar surface area (TPSA) is 94.5 Å². The molecule has 4 rings (SSSR count). The Morgan fingerprint density at radius 3 is 2.78 bits per heavy atom. The van der Waals surface area contributed by atoms with Crippen molar-refractivity contribution in [2.75, 3.05) is 13.1 Å². The first-order valence-corrected chi connectivity index (χ1v) is 9.04. The summed E-state index contributed by atoms with van der Waals surface area (Å²) in [6.45, 7) is 6.82. The molecule has 0 N–H and O–H groups in total. The van der Waals surface area contributed by atoms with Crippen molar-refractivity contribution in [3.05, 3.63) is 30.4 Å². The van der Waals surface area contributed by atoms with Gasteiger partial charge in [0.2, 0.25) is 0 Å². The number of amides is 1. The minimum Gasteiger partial charge on any atom is -0.449 e. The molecule has 142 valence electrons. The first-order chi connectivity index (χ1) is 12.9. The van der Waals surface area contributed by atoms with E-state index in [1.54, 1.807) is 17.3 Å². The third kappa shape index (κ3) is 3.79. The molecule has 1 saturated heterocycles. The van der Waals surface area contributed by atoms with Gasteiger partial charge in [0, 0.05) is 30.6 Å². The van der Waals surface area contributed by atoms with E-state index in [1.807, 2.05) is 32.9 Å². The van der Waals surface area contributed by atoms with Gasteiger partial charge in [-0.3, -0.25) is 4.98 Å². The number of carbonyl (C=O) groups excluding carboxylic acids is 1. The number of likely N-dealkylation sites (tertiary alicyclic amines) is 1. The van der Waals surface area contributed by atoms with Crippen LogP contribution in [0.4, 0.5) is 4.79 Å². The molecule has 0 aliphatic carbocycles. The zero-order chi connectivity index (χ0) is 19.0. The summed E-state index contributed by atoms with van der Waals surface area (Å²) in [6, 6.07) is 3.73. The van der Waals surface area contributed by atoms with Gasteiger partial charge in [0.15, 0.2) is 17.2 Å². The summed E-state index contributed by atoms with van der Waals surface area (Å²) < 4.78 is 16.5. The second-order valence-electron chi connectivity index (χ2n) is 7.72.